The Morgan fingerprint density at radius 1 is 1.10 bits per heavy atom. The summed E-state index contributed by atoms with van der Waals surface area (Å²) in [5.74, 6) is -0.234. The summed E-state index contributed by atoms with van der Waals surface area (Å²) >= 11 is 5.15. The number of rotatable bonds is 5. The standard InChI is InChI=1S/C15H11ClO4/c16-14(18)9-20-11-6-7-12(13(17)8-11)15(19)10-4-2-1-3-5-10/h1-8,17H,9H2. The highest BCUT2D eigenvalue weighted by Crippen LogP contribution is 2.25. The van der Waals surface area contributed by atoms with E-state index in [1.165, 1.54) is 18.2 Å². The highest BCUT2D eigenvalue weighted by molar-refractivity contribution is 6.63. The lowest BCUT2D eigenvalue weighted by Crippen LogP contribution is -2.05. The molecular formula is C15H11ClO4. The third-order valence-corrected chi connectivity index (χ3v) is 2.71. The number of halogens is 1. The second kappa shape index (κ2) is 6.21. The predicted molar refractivity (Wildman–Crippen MR) is 74.3 cm³/mol. The largest absolute Gasteiger partial charge is 0.507 e. The average Bonchev–Trinajstić information content (AvgIpc) is 2.45. The van der Waals surface area contributed by atoms with E-state index in [9.17, 15) is 14.7 Å². The van der Waals surface area contributed by atoms with Crippen LogP contribution in [0.1, 0.15) is 15.9 Å². The first-order chi connectivity index (χ1) is 9.58. The molecule has 5 heteroatoms. The van der Waals surface area contributed by atoms with E-state index in [1.54, 1.807) is 30.3 Å². The minimum atomic E-state index is -0.645. The van der Waals surface area contributed by atoms with E-state index < -0.39 is 5.24 Å². The summed E-state index contributed by atoms with van der Waals surface area (Å²) in [6, 6.07) is 12.8. The molecule has 1 N–H and O–H groups in total. The van der Waals surface area contributed by atoms with Crippen molar-refractivity contribution in [3.63, 3.8) is 0 Å². The van der Waals surface area contributed by atoms with Crippen LogP contribution < -0.4 is 4.74 Å². The Hall–Kier alpha value is -2.33. The predicted octanol–water partition coefficient (Wildman–Crippen LogP) is 2.77. The van der Waals surface area contributed by atoms with E-state index >= 15 is 0 Å². The van der Waals surface area contributed by atoms with E-state index in [0.717, 1.165) is 0 Å². The fourth-order valence-electron chi connectivity index (χ4n) is 1.68. The number of hydrogen-bond acceptors (Lipinski definition) is 4. The fourth-order valence-corrected chi connectivity index (χ4v) is 1.73. The molecule has 2 aromatic carbocycles. The molecule has 0 aliphatic heterocycles. The van der Waals surface area contributed by atoms with Gasteiger partial charge in [-0.25, -0.2) is 0 Å². The smallest absolute Gasteiger partial charge is 0.259 e. The van der Waals surface area contributed by atoms with Gasteiger partial charge in [-0.15, -0.1) is 0 Å². The minimum absolute atomic E-state index is 0.167. The second-order valence-corrected chi connectivity index (χ2v) is 4.44. The average molecular weight is 291 g/mol. The quantitative estimate of drug-likeness (QED) is 0.679. The highest BCUT2D eigenvalue weighted by Gasteiger charge is 2.14. The Morgan fingerprint density at radius 3 is 2.40 bits per heavy atom. The van der Waals surface area contributed by atoms with Gasteiger partial charge in [0.2, 0.25) is 0 Å². The van der Waals surface area contributed by atoms with Crippen LogP contribution in [0.5, 0.6) is 11.5 Å². The number of benzene rings is 2. The number of phenolic OH excluding ortho intramolecular Hbond substituents is 1. The lowest BCUT2D eigenvalue weighted by molar-refractivity contribution is -0.113. The lowest BCUT2D eigenvalue weighted by atomic mass is 10.0. The van der Waals surface area contributed by atoms with Crippen LogP contribution in [0.25, 0.3) is 0 Å². The molecule has 0 bridgehead atoms. The molecule has 0 spiro atoms. The van der Waals surface area contributed by atoms with E-state index in [2.05, 4.69) is 0 Å². The normalized spacial score (nSPS) is 10.1. The number of carbonyl (C=O) groups is 2. The van der Waals surface area contributed by atoms with Gasteiger partial charge >= 0.3 is 0 Å². The first-order valence-electron chi connectivity index (χ1n) is 5.82. The zero-order valence-electron chi connectivity index (χ0n) is 10.4. The molecule has 2 rings (SSSR count). The van der Waals surface area contributed by atoms with E-state index in [1.807, 2.05) is 0 Å². The lowest BCUT2D eigenvalue weighted by Gasteiger charge is -2.07. The molecule has 0 atom stereocenters. The van der Waals surface area contributed by atoms with Crippen LogP contribution in [0.2, 0.25) is 0 Å². The van der Waals surface area contributed by atoms with Crippen molar-refractivity contribution in [2.75, 3.05) is 6.61 Å². The molecule has 102 valence electrons. The van der Waals surface area contributed by atoms with Crippen molar-refractivity contribution < 1.29 is 19.4 Å². The molecule has 0 fully saturated rings. The summed E-state index contributed by atoms with van der Waals surface area (Å²) in [6.07, 6.45) is 0. The maximum absolute atomic E-state index is 12.2. The van der Waals surface area contributed by atoms with Gasteiger partial charge in [-0.3, -0.25) is 9.59 Å². The summed E-state index contributed by atoms with van der Waals surface area (Å²) in [5, 5.41) is 9.23. The van der Waals surface area contributed by atoms with Crippen molar-refractivity contribution in [1.82, 2.24) is 0 Å². The molecule has 20 heavy (non-hydrogen) atoms. The number of ether oxygens (including phenoxy) is 1. The molecule has 0 heterocycles. The summed E-state index contributed by atoms with van der Waals surface area (Å²) in [5.41, 5.74) is 0.646. The van der Waals surface area contributed by atoms with Gasteiger partial charge in [0, 0.05) is 11.6 Å². The van der Waals surface area contributed by atoms with Gasteiger partial charge in [-0.2, -0.15) is 0 Å². The SMILES string of the molecule is O=C(Cl)COc1ccc(C(=O)c2ccccc2)c(O)c1. The Bertz CT molecular complexity index is 638. The van der Waals surface area contributed by atoms with Crippen LogP contribution in [-0.2, 0) is 4.79 Å². The van der Waals surface area contributed by atoms with Crippen LogP contribution in [0.4, 0.5) is 0 Å². The molecule has 2 aromatic rings. The Morgan fingerprint density at radius 2 is 1.80 bits per heavy atom. The van der Waals surface area contributed by atoms with E-state index in [0.29, 0.717) is 5.56 Å². The van der Waals surface area contributed by atoms with E-state index in [4.69, 9.17) is 16.3 Å². The molecule has 0 amide bonds. The third-order valence-electron chi connectivity index (χ3n) is 2.60. The monoisotopic (exact) mass is 290 g/mol. The minimum Gasteiger partial charge on any atom is -0.507 e. The van der Waals surface area contributed by atoms with Gasteiger partial charge in [0.15, 0.2) is 12.4 Å². The van der Waals surface area contributed by atoms with Gasteiger partial charge in [-0.1, -0.05) is 30.3 Å². The van der Waals surface area contributed by atoms with Crippen molar-refractivity contribution in [2.24, 2.45) is 0 Å². The topological polar surface area (TPSA) is 63.6 Å². The van der Waals surface area contributed by atoms with Crippen LogP contribution in [-0.4, -0.2) is 22.7 Å². The molecule has 0 aliphatic rings. The summed E-state index contributed by atoms with van der Waals surface area (Å²) < 4.78 is 5.04. The summed E-state index contributed by atoms with van der Waals surface area (Å²) in [4.78, 5) is 22.8. The van der Waals surface area contributed by atoms with Gasteiger partial charge in [0.1, 0.15) is 11.5 Å². The maximum atomic E-state index is 12.2. The Kier molecular flexibility index (Phi) is 4.38. The number of ketones is 1. The number of aromatic hydroxyl groups is 1. The highest BCUT2D eigenvalue weighted by atomic mass is 35.5. The number of hydrogen-bond donors (Lipinski definition) is 1. The summed E-state index contributed by atoms with van der Waals surface area (Å²) in [7, 11) is 0. The molecule has 0 aromatic heterocycles. The van der Waals surface area contributed by atoms with Gasteiger partial charge in [-0.05, 0) is 23.7 Å². The maximum Gasteiger partial charge on any atom is 0.259 e. The number of phenols is 1. The van der Waals surface area contributed by atoms with Gasteiger partial charge in [0.05, 0.1) is 5.56 Å². The van der Waals surface area contributed by atoms with E-state index in [-0.39, 0.29) is 29.5 Å². The third kappa shape index (κ3) is 3.36. The molecular weight excluding hydrogens is 280 g/mol. The zero-order chi connectivity index (χ0) is 14.5. The fraction of sp³-hybridized carbons (Fsp3) is 0.0667. The first-order valence-corrected chi connectivity index (χ1v) is 6.19. The van der Waals surface area contributed by atoms with Crippen molar-refractivity contribution in [2.45, 2.75) is 0 Å². The van der Waals surface area contributed by atoms with Gasteiger partial charge in [0.25, 0.3) is 5.24 Å². The van der Waals surface area contributed by atoms with Crippen LogP contribution in [0.15, 0.2) is 48.5 Å². The number of carbonyl (C=O) groups excluding carboxylic acids is 2. The Labute approximate surface area is 120 Å². The molecule has 0 unspecified atom stereocenters. The molecule has 0 saturated carbocycles. The van der Waals surface area contributed by atoms with Crippen molar-refractivity contribution in [3.05, 3.63) is 59.7 Å². The zero-order valence-corrected chi connectivity index (χ0v) is 11.1. The second-order valence-electron chi connectivity index (χ2n) is 4.02. The molecule has 0 saturated heterocycles. The van der Waals surface area contributed by atoms with Gasteiger partial charge < -0.3 is 9.84 Å². The van der Waals surface area contributed by atoms with Crippen molar-refractivity contribution in [1.29, 1.82) is 0 Å². The summed E-state index contributed by atoms with van der Waals surface area (Å²) in [6.45, 7) is -0.299. The Balaban J connectivity index is 2.22. The van der Waals surface area contributed by atoms with Crippen LogP contribution in [0, 0.1) is 0 Å². The van der Waals surface area contributed by atoms with Crippen molar-refractivity contribution >= 4 is 22.6 Å². The van der Waals surface area contributed by atoms with Crippen LogP contribution in [0.3, 0.4) is 0 Å². The molecule has 4 nitrogen and oxygen atoms in total. The first kappa shape index (κ1) is 14.1. The van der Waals surface area contributed by atoms with Crippen LogP contribution >= 0.6 is 11.6 Å². The molecule has 0 aliphatic carbocycles. The molecule has 0 radical (unpaired) electrons. The van der Waals surface area contributed by atoms with Crippen molar-refractivity contribution in [3.8, 4) is 11.5 Å².